The van der Waals surface area contributed by atoms with Gasteiger partial charge in [0.25, 0.3) is 0 Å². The Kier molecular flexibility index (Phi) is 7.79. The lowest BCUT2D eigenvalue weighted by molar-refractivity contribution is 0.661. The monoisotopic (exact) mass is 782 g/mol. The van der Waals surface area contributed by atoms with Gasteiger partial charge in [0, 0.05) is 42.3 Å². The molecule has 0 amide bonds. The first-order chi connectivity index (χ1) is 29.4. The summed E-state index contributed by atoms with van der Waals surface area (Å²) in [5.41, 5.74) is 14.7. The summed E-state index contributed by atoms with van der Waals surface area (Å²) in [6, 6.07) is 70.9. The van der Waals surface area contributed by atoms with Crippen LogP contribution in [0.5, 0.6) is 0 Å². The van der Waals surface area contributed by atoms with Gasteiger partial charge in [0.05, 0.1) is 11.4 Å². The van der Waals surface area contributed by atoms with Gasteiger partial charge in [-0.15, -0.1) is 11.3 Å². The summed E-state index contributed by atoms with van der Waals surface area (Å²) in [5.74, 6) is 0.709. The van der Waals surface area contributed by atoms with Gasteiger partial charge in [0.15, 0.2) is 5.82 Å². The molecule has 0 N–H and O–H groups in total. The maximum Gasteiger partial charge on any atom is 0.160 e. The fourth-order valence-electron chi connectivity index (χ4n) is 9.52. The zero-order valence-electron chi connectivity index (χ0n) is 33.3. The van der Waals surface area contributed by atoms with Gasteiger partial charge in [-0.25, -0.2) is 9.97 Å². The van der Waals surface area contributed by atoms with Gasteiger partial charge in [-0.1, -0.05) is 147 Å². The maximum absolute atomic E-state index is 5.37. The molecule has 0 bridgehead atoms. The van der Waals surface area contributed by atoms with Gasteiger partial charge < -0.3 is 0 Å². The van der Waals surface area contributed by atoms with Crippen molar-refractivity contribution in [3.63, 3.8) is 0 Å². The zero-order chi connectivity index (χ0) is 40.0. The van der Waals surface area contributed by atoms with Crippen LogP contribution in [0.15, 0.2) is 194 Å². The molecule has 60 heavy (non-hydrogen) atoms. The van der Waals surface area contributed by atoms with Crippen LogP contribution in [0, 0.1) is 0 Å². The normalized spacial score (nSPS) is 13.0. The summed E-state index contributed by atoms with van der Waals surface area (Å²) in [4.78, 5) is 10.7. The van der Waals surface area contributed by atoms with E-state index in [9.17, 15) is 0 Å². The lowest BCUT2D eigenvalue weighted by Crippen LogP contribution is -2.15. The Hall–Kier alpha value is -7.20. The van der Waals surface area contributed by atoms with Crippen molar-refractivity contribution in [2.75, 3.05) is 0 Å². The molecular weight excluding hydrogens is 745 g/mol. The molecule has 0 radical (unpaired) electrons. The molecule has 0 spiro atoms. The average molecular weight is 783 g/mol. The molecule has 1 aliphatic carbocycles. The number of rotatable bonds is 5. The lowest BCUT2D eigenvalue weighted by atomic mass is 9.81. The van der Waals surface area contributed by atoms with Gasteiger partial charge in [-0.2, -0.15) is 0 Å². The molecule has 3 heteroatoms. The van der Waals surface area contributed by atoms with Crippen LogP contribution in [0.4, 0.5) is 0 Å². The molecule has 0 fully saturated rings. The number of hydrogen-bond donors (Lipinski definition) is 0. The Morgan fingerprint density at radius 2 is 0.983 bits per heavy atom. The van der Waals surface area contributed by atoms with Gasteiger partial charge >= 0.3 is 0 Å². The molecular formula is C57H38N2S. The van der Waals surface area contributed by atoms with E-state index in [0.29, 0.717) is 5.82 Å². The standard InChI is InChI=1S/C57H38N2S/c1-57(2)50-33-40(23-25-46(50)48-30-37-16-6-7-17-38(37)32-51(48)57)52-34-53(59-56(58-52)36-14-4-3-5-15-36)43-28-41(27-42(29-43)45-21-12-18-35-13-8-9-19-44(35)45)39-24-26-55-49(31-39)47-20-10-11-22-54(47)60-55/h3-34H,1-2H3. The van der Waals surface area contributed by atoms with Gasteiger partial charge in [-0.05, 0) is 127 Å². The largest absolute Gasteiger partial charge is 0.228 e. The lowest BCUT2D eigenvalue weighted by Gasteiger charge is -2.22. The van der Waals surface area contributed by atoms with Crippen LogP contribution in [0.3, 0.4) is 0 Å². The molecule has 0 saturated carbocycles. The van der Waals surface area contributed by atoms with E-state index in [2.05, 4.69) is 202 Å². The van der Waals surface area contributed by atoms with Crippen molar-refractivity contribution in [3.05, 3.63) is 205 Å². The summed E-state index contributed by atoms with van der Waals surface area (Å²) < 4.78 is 2.61. The molecule has 11 aromatic rings. The van der Waals surface area contributed by atoms with Gasteiger partial charge in [0.1, 0.15) is 0 Å². The minimum Gasteiger partial charge on any atom is -0.228 e. The third kappa shape index (κ3) is 5.61. The van der Waals surface area contributed by atoms with Gasteiger partial charge in [0.2, 0.25) is 0 Å². The van der Waals surface area contributed by atoms with E-state index in [1.807, 2.05) is 17.4 Å². The maximum atomic E-state index is 5.37. The smallest absolute Gasteiger partial charge is 0.160 e. The van der Waals surface area contributed by atoms with E-state index < -0.39 is 0 Å². The molecule has 0 aliphatic heterocycles. The molecule has 282 valence electrons. The van der Waals surface area contributed by atoms with Crippen molar-refractivity contribution in [3.8, 4) is 67.3 Å². The second-order valence-corrected chi connectivity index (χ2v) is 17.7. The number of benzene rings is 9. The summed E-state index contributed by atoms with van der Waals surface area (Å²) in [5, 5.41) is 7.58. The number of thiophene rings is 1. The minimum atomic E-state index is -0.167. The van der Waals surface area contributed by atoms with Crippen molar-refractivity contribution >= 4 is 53.1 Å². The third-order valence-corrected chi connectivity index (χ3v) is 13.8. The first-order valence-electron chi connectivity index (χ1n) is 20.6. The molecule has 1 aliphatic rings. The van der Waals surface area contributed by atoms with Crippen LogP contribution >= 0.6 is 11.3 Å². The molecule has 2 nitrogen and oxygen atoms in total. The third-order valence-electron chi connectivity index (χ3n) is 12.6. The predicted octanol–water partition coefficient (Wildman–Crippen LogP) is 15.8. The molecule has 0 unspecified atom stereocenters. The van der Waals surface area contributed by atoms with E-state index >= 15 is 0 Å². The quantitative estimate of drug-likeness (QED) is 0.174. The highest BCUT2D eigenvalue weighted by molar-refractivity contribution is 7.25. The van der Waals surface area contributed by atoms with Crippen LogP contribution in [0.25, 0.3) is 109 Å². The highest BCUT2D eigenvalue weighted by Gasteiger charge is 2.36. The Morgan fingerprint density at radius 1 is 0.350 bits per heavy atom. The minimum absolute atomic E-state index is 0.167. The summed E-state index contributed by atoms with van der Waals surface area (Å²) >= 11 is 1.85. The second kappa shape index (κ2) is 13.4. The van der Waals surface area contributed by atoms with E-state index in [-0.39, 0.29) is 5.41 Å². The van der Waals surface area contributed by atoms with Crippen LogP contribution in [0.2, 0.25) is 0 Å². The van der Waals surface area contributed by atoms with E-state index in [4.69, 9.17) is 9.97 Å². The van der Waals surface area contributed by atoms with Crippen molar-refractivity contribution in [1.82, 2.24) is 9.97 Å². The second-order valence-electron chi connectivity index (χ2n) is 16.6. The molecule has 2 heterocycles. The van der Waals surface area contributed by atoms with Crippen molar-refractivity contribution in [2.45, 2.75) is 19.3 Å². The Balaban J connectivity index is 1.07. The fourth-order valence-corrected chi connectivity index (χ4v) is 10.6. The first kappa shape index (κ1) is 34.8. The first-order valence-corrected chi connectivity index (χ1v) is 21.4. The van der Waals surface area contributed by atoms with Crippen LogP contribution in [-0.4, -0.2) is 9.97 Å². The topological polar surface area (TPSA) is 25.8 Å². The van der Waals surface area contributed by atoms with Gasteiger partial charge in [-0.3, -0.25) is 0 Å². The number of fused-ring (bicyclic) bond motifs is 8. The SMILES string of the molecule is CC1(C)c2cc(-c3cc(-c4cc(-c5ccc6sc7ccccc7c6c5)cc(-c5cccc6ccccc56)c4)nc(-c4ccccc4)n3)ccc2-c2cc3ccccc3cc21. The van der Waals surface area contributed by atoms with E-state index in [1.165, 1.54) is 75.1 Å². The molecule has 0 atom stereocenters. The summed E-state index contributed by atoms with van der Waals surface area (Å²) in [6.45, 7) is 4.71. The van der Waals surface area contributed by atoms with Crippen molar-refractivity contribution in [2.24, 2.45) is 0 Å². The molecule has 12 rings (SSSR count). The molecule has 0 saturated heterocycles. The van der Waals surface area contributed by atoms with Crippen molar-refractivity contribution in [1.29, 1.82) is 0 Å². The summed E-state index contributed by atoms with van der Waals surface area (Å²) in [7, 11) is 0. The summed E-state index contributed by atoms with van der Waals surface area (Å²) in [6.07, 6.45) is 0. The molecule has 2 aromatic heterocycles. The average Bonchev–Trinajstić information content (AvgIpc) is 3.78. The number of hydrogen-bond acceptors (Lipinski definition) is 3. The zero-order valence-corrected chi connectivity index (χ0v) is 34.1. The van der Waals surface area contributed by atoms with E-state index in [0.717, 1.165) is 39.2 Å². The highest BCUT2D eigenvalue weighted by atomic mass is 32.1. The van der Waals surface area contributed by atoms with Crippen LogP contribution in [-0.2, 0) is 5.41 Å². The molecule has 9 aromatic carbocycles. The Morgan fingerprint density at radius 3 is 1.83 bits per heavy atom. The fraction of sp³-hybridized carbons (Fsp3) is 0.0526. The Bertz CT molecular complexity index is 3520. The van der Waals surface area contributed by atoms with Crippen molar-refractivity contribution < 1.29 is 0 Å². The van der Waals surface area contributed by atoms with E-state index in [1.54, 1.807) is 0 Å². The van der Waals surface area contributed by atoms with Crippen LogP contribution in [0.1, 0.15) is 25.0 Å². The number of nitrogens with zero attached hydrogens (tertiary/aromatic N) is 2. The Labute approximate surface area is 353 Å². The predicted molar refractivity (Wildman–Crippen MR) is 255 cm³/mol. The number of aromatic nitrogens is 2. The highest BCUT2D eigenvalue weighted by Crippen LogP contribution is 2.51. The van der Waals surface area contributed by atoms with Crippen LogP contribution < -0.4 is 0 Å².